The van der Waals surface area contributed by atoms with E-state index in [-0.39, 0.29) is 16.9 Å². The molecule has 1 aromatic rings. The van der Waals surface area contributed by atoms with Crippen molar-refractivity contribution < 1.29 is 5.11 Å². The van der Waals surface area contributed by atoms with Gasteiger partial charge in [-0.3, -0.25) is 0 Å². The number of halogens is 1. The molecular weight excluding hydrogens is 260 g/mol. The molecule has 2 atom stereocenters. The van der Waals surface area contributed by atoms with Crippen LogP contribution in [0, 0.1) is 10.8 Å². The SMILES string of the molecule is CC1(C)CC(O)CC(C)(CNc2cc(Cl)ccn2)C1. The largest absolute Gasteiger partial charge is 0.393 e. The molecule has 0 saturated heterocycles. The summed E-state index contributed by atoms with van der Waals surface area (Å²) in [7, 11) is 0. The zero-order chi connectivity index (χ0) is 14.1. The second kappa shape index (κ2) is 5.29. The molecule has 1 aromatic heterocycles. The molecule has 0 radical (unpaired) electrons. The summed E-state index contributed by atoms with van der Waals surface area (Å²) >= 11 is 5.95. The zero-order valence-corrected chi connectivity index (χ0v) is 12.7. The molecule has 3 nitrogen and oxygen atoms in total. The summed E-state index contributed by atoms with van der Waals surface area (Å²) in [6.45, 7) is 7.49. The topological polar surface area (TPSA) is 45.1 Å². The summed E-state index contributed by atoms with van der Waals surface area (Å²) in [6, 6.07) is 3.59. The molecule has 19 heavy (non-hydrogen) atoms. The minimum Gasteiger partial charge on any atom is -0.393 e. The third kappa shape index (κ3) is 4.08. The predicted molar refractivity (Wildman–Crippen MR) is 79.5 cm³/mol. The van der Waals surface area contributed by atoms with E-state index in [9.17, 15) is 5.11 Å². The molecule has 1 aliphatic carbocycles. The molecule has 0 spiro atoms. The Bertz CT molecular complexity index is 450. The Morgan fingerprint density at radius 1 is 1.42 bits per heavy atom. The highest BCUT2D eigenvalue weighted by molar-refractivity contribution is 6.30. The normalized spacial score (nSPS) is 30.1. The summed E-state index contributed by atoms with van der Waals surface area (Å²) < 4.78 is 0. The highest BCUT2D eigenvalue weighted by atomic mass is 35.5. The molecule has 4 heteroatoms. The number of rotatable bonds is 3. The molecule has 1 heterocycles. The van der Waals surface area contributed by atoms with Crippen molar-refractivity contribution in [3.05, 3.63) is 23.4 Å². The van der Waals surface area contributed by atoms with Gasteiger partial charge in [0.05, 0.1) is 6.10 Å². The fourth-order valence-electron chi connectivity index (χ4n) is 3.52. The van der Waals surface area contributed by atoms with Gasteiger partial charge in [-0.2, -0.15) is 0 Å². The van der Waals surface area contributed by atoms with E-state index in [4.69, 9.17) is 11.6 Å². The van der Waals surface area contributed by atoms with Crippen LogP contribution in [0.1, 0.15) is 40.0 Å². The molecule has 1 aliphatic rings. The van der Waals surface area contributed by atoms with Crippen LogP contribution in [0.2, 0.25) is 5.02 Å². The number of anilines is 1. The van der Waals surface area contributed by atoms with Gasteiger partial charge in [-0.25, -0.2) is 4.98 Å². The maximum absolute atomic E-state index is 10.1. The number of aliphatic hydroxyl groups is 1. The van der Waals surface area contributed by atoms with Crippen molar-refractivity contribution >= 4 is 17.4 Å². The number of aliphatic hydroxyl groups excluding tert-OH is 1. The van der Waals surface area contributed by atoms with Crippen molar-refractivity contribution in [3.63, 3.8) is 0 Å². The summed E-state index contributed by atoms with van der Waals surface area (Å²) in [5.41, 5.74) is 0.279. The quantitative estimate of drug-likeness (QED) is 0.888. The van der Waals surface area contributed by atoms with Crippen LogP contribution in [0.3, 0.4) is 0 Å². The standard InChI is InChI=1S/C15H23ClN2O/c1-14(2)7-12(19)8-15(3,9-14)10-18-13-6-11(16)4-5-17-13/h4-6,12,19H,7-10H2,1-3H3,(H,17,18). The monoisotopic (exact) mass is 282 g/mol. The molecule has 106 valence electrons. The molecule has 0 bridgehead atoms. The van der Waals surface area contributed by atoms with Crippen molar-refractivity contribution in [1.82, 2.24) is 4.98 Å². The van der Waals surface area contributed by atoms with Crippen LogP contribution >= 0.6 is 11.6 Å². The molecule has 1 fully saturated rings. The van der Waals surface area contributed by atoms with Crippen molar-refractivity contribution in [1.29, 1.82) is 0 Å². The van der Waals surface area contributed by atoms with E-state index in [0.29, 0.717) is 5.02 Å². The van der Waals surface area contributed by atoms with Crippen molar-refractivity contribution in [3.8, 4) is 0 Å². The minimum absolute atomic E-state index is 0.0885. The van der Waals surface area contributed by atoms with Gasteiger partial charge >= 0.3 is 0 Å². The molecule has 0 amide bonds. The first kappa shape index (κ1) is 14.6. The van der Waals surface area contributed by atoms with E-state index < -0.39 is 0 Å². The Morgan fingerprint density at radius 2 is 2.16 bits per heavy atom. The van der Waals surface area contributed by atoms with Crippen molar-refractivity contribution in [2.24, 2.45) is 10.8 Å². The Morgan fingerprint density at radius 3 is 2.79 bits per heavy atom. The smallest absolute Gasteiger partial charge is 0.127 e. The highest BCUT2D eigenvalue weighted by Crippen LogP contribution is 2.46. The van der Waals surface area contributed by atoms with Gasteiger partial charge in [0.1, 0.15) is 5.82 Å². The highest BCUT2D eigenvalue weighted by Gasteiger charge is 2.40. The first-order valence-electron chi connectivity index (χ1n) is 6.82. The van der Waals surface area contributed by atoms with Gasteiger partial charge in [0, 0.05) is 17.8 Å². The van der Waals surface area contributed by atoms with Crippen LogP contribution in [-0.2, 0) is 0 Å². The first-order valence-corrected chi connectivity index (χ1v) is 7.19. The van der Waals surface area contributed by atoms with Crippen LogP contribution in [-0.4, -0.2) is 22.7 Å². The first-order chi connectivity index (χ1) is 8.78. The van der Waals surface area contributed by atoms with Crippen LogP contribution in [0.25, 0.3) is 0 Å². The number of nitrogens with zero attached hydrogens (tertiary/aromatic N) is 1. The maximum atomic E-state index is 10.1. The predicted octanol–water partition coefficient (Wildman–Crippen LogP) is 3.72. The van der Waals surface area contributed by atoms with Gasteiger partial charge in [-0.1, -0.05) is 32.4 Å². The zero-order valence-electron chi connectivity index (χ0n) is 11.9. The number of pyridine rings is 1. The lowest BCUT2D eigenvalue weighted by atomic mass is 9.63. The van der Waals surface area contributed by atoms with Crippen LogP contribution in [0.4, 0.5) is 5.82 Å². The third-order valence-corrected chi connectivity index (χ3v) is 4.08. The number of hydrogen-bond donors (Lipinski definition) is 2. The molecular formula is C15H23ClN2O. The Balaban J connectivity index is 2.01. The summed E-state index contributed by atoms with van der Waals surface area (Å²) in [5, 5.41) is 14.1. The lowest BCUT2D eigenvalue weighted by molar-refractivity contribution is -0.00320. The van der Waals surface area contributed by atoms with E-state index in [1.54, 1.807) is 12.3 Å². The number of hydrogen-bond acceptors (Lipinski definition) is 3. The van der Waals surface area contributed by atoms with Crippen LogP contribution < -0.4 is 5.32 Å². The van der Waals surface area contributed by atoms with E-state index >= 15 is 0 Å². The fraction of sp³-hybridized carbons (Fsp3) is 0.667. The lowest BCUT2D eigenvalue weighted by Crippen LogP contribution is -2.42. The molecule has 2 N–H and O–H groups in total. The van der Waals surface area contributed by atoms with Crippen molar-refractivity contribution in [2.45, 2.75) is 46.1 Å². The van der Waals surface area contributed by atoms with E-state index in [1.807, 2.05) is 6.07 Å². The lowest BCUT2D eigenvalue weighted by Gasteiger charge is -2.45. The van der Waals surface area contributed by atoms with Crippen LogP contribution in [0.5, 0.6) is 0 Å². The summed E-state index contributed by atoms with van der Waals surface area (Å²) in [4.78, 5) is 4.25. The Labute approximate surface area is 120 Å². The Kier molecular flexibility index (Phi) is 4.07. The maximum Gasteiger partial charge on any atom is 0.127 e. The minimum atomic E-state index is -0.206. The van der Waals surface area contributed by atoms with Gasteiger partial charge in [0.25, 0.3) is 0 Å². The number of nitrogens with one attached hydrogen (secondary N) is 1. The molecule has 0 aromatic carbocycles. The summed E-state index contributed by atoms with van der Waals surface area (Å²) in [5.74, 6) is 0.798. The van der Waals surface area contributed by atoms with Gasteiger partial charge in [-0.15, -0.1) is 0 Å². The molecule has 0 aliphatic heterocycles. The molecule has 2 unspecified atom stereocenters. The van der Waals surface area contributed by atoms with Crippen LogP contribution in [0.15, 0.2) is 18.3 Å². The second-order valence-corrected chi connectivity index (χ2v) is 7.36. The second-order valence-electron chi connectivity index (χ2n) is 6.93. The fourth-order valence-corrected chi connectivity index (χ4v) is 3.68. The van der Waals surface area contributed by atoms with Crippen molar-refractivity contribution in [2.75, 3.05) is 11.9 Å². The average Bonchev–Trinajstić information content (AvgIpc) is 2.23. The van der Waals surface area contributed by atoms with Gasteiger partial charge in [0.2, 0.25) is 0 Å². The van der Waals surface area contributed by atoms with Gasteiger partial charge < -0.3 is 10.4 Å². The molecule has 1 saturated carbocycles. The Hall–Kier alpha value is -0.800. The van der Waals surface area contributed by atoms with Gasteiger partial charge in [-0.05, 0) is 42.2 Å². The summed E-state index contributed by atoms with van der Waals surface area (Å²) in [6.07, 6.45) is 4.32. The van der Waals surface area contributed by atoms with E-state index in [2.05, 4.69) is 31.1 Å². The third-order valence-electron chi connectivity index (χ3n) is 3.84. The van der Waals surface area contributed by atoms with Gasteiger partial charge in [0.15, 0.2) is 0 Å². The van der Waals surface area contributed by atoms with E-state index in [1.165, 1.54) is 0 Å². The van der Waals surface area contributed by atoms with E-state index in [0.717, 1.165) is 31.6 Å². The average molecular weight is 283 g/mol. The molecule has 2 rings (SSSR count). The number of aromatic nitrogens is 1.